The summed E-state index contributed by atoms with van der Waals surface area (Å²) in [5.74, 6) is -0.309. The first-order valence-electron chi connectivity index (χ1n) is 9.81. The van der Waals surface area contributed by atoms with Crippen LogP contribution in [0.2, 0.25) is 5.02 Å². The van der Waals surface area contributed by atoms with Crippen molar-refractivity contribution < 1.29 is 18.1 Å². The predicted octanol–water partition coefficient (Wildman–Crippen LogP) is 3.30. The molecular weight excluding hydrogens is 470 g/mol. The van der Waals surface area contributed by atoms with Crippen LogP contribution in [-0.2, 0) is 9.84 Å². The van der Waals surface area contributed by atoms with Gasteiger partial charge in [0, 0.05) is 31.0 Å². The highest BCUT2D eigenvalue weighted by atomic mass is 35.5. The molecule has 0 aliphatic rings. The van der Waals surface area contributed by atoms with Gasteiger partial charge in [-0.05, 0) is 50.2 Å². The van der Waals surface area contributed by atoms with Gasteiger partial charge >= 0.3 is 0 Å². The molecule has 0 saturated heterocycles. The highest BCUT2D eigenvalue weighted by molar-refractivity contribution is 7.90. The number of nitro groups is 1. The average molecular weight is 492 g/mol. The molecule has 0 aliphatic heterocycles. The summed E-state index contributed by atoms with van der Waals surface area (Å²) in [7, 11) is -3.57. The predicted molar refractivity (Wildman–Crippen MR) is 125 cm³/mol. The smallest absolute Gasteiger partial charge is 0.293 e. The SMILES string of the molecule is Cc1nn(-c2ccc(C(=O)NCCNc3ccc(S(C)(=O)=O)cc3[N+](=O)[O-])cc2)c(C)c1Cl. The third kappa shape index (κ3) is 5.49. The maximum Gasteiger partial charge on any atom is 0.293 e. The van der Waals surface area contributed by atoms with Crippen LogP contribution in [0.3, 0.4) is 0 Å². The number of halogens is 1. The lowest BCUT2D eigenvalue weighted by Crippen LogP contribution is -2.28. The lowest BCUT2D eigenvalue weighted by Gasteiger charge is -2.10. The van der Waals surface area contributed by atoms with Crippen molar-refractivity contribution in [2.24, 2.45) is 0 Å². The normalized spacial score (nSPS) is 11.3. The molecule has 0 aliphatic carbocycles. The number of aromatic nitrogens is 2. The van der Waals surface area contributed by atoms with Crippen LogP contribution in [0.15, 0.2) is 47.4 Å². The molecule has 3 aromatic rings. The van der Waals surface area contributed by atoms with Gasteiger partial charge in [-0.1, -0.05) is 11.6 Å². The van der Waals surface area contributed by atoms with Crippen molar-refractivity contribution in [1.82, 2.24) is 15.1 Å². The van der Waals surface area contributed by atoms with Crippen LogP contribution in [0.25, 0.3) is 5.69 Å². The number of hydrogen-bond donors (Lipinski definition) is 2. The van der Waals surface area contributed by atoms with Gasteiger partial charge < -0.3 is 10.6 Å². The van der Waals surface area contributed by atoms with Gasteiger partial charge in [-0.15, -0.1) is 0 Å². The summed E-state index contributed by atoms with van der Waals surface area (Å²) < 4.78 is 24.9. The number of anilines is 1. The number of nitrogens with zero attached hydrogens (tertiary/aromatic N) is 3. The van der Waals surface area contributed by atoms with Gasteiger partial charge in [0.15, 0.2) is 9.84 Å². The van der Waals surface area contributed by atoms with Crippen molar-refractivity contribution in [3.8, 4) is 5.69 Å². The van der Waals surface area contributed by atoms with Gasteiger partial charge in [-0.3, -0.25) is 14.9 Å². The lowest BCUT2D eigenvalue weighted by atomic mass is 10.2. The molecule has 0 saturated carbocycles. The summed E-state index contributed by atoms with van der Waals surface area (Å²) in [6, 6.07) is 10.5. The van der Waals surface area contributed by atoms with Crippen LogP contribution >= 0.6 is 11.6 Å². The second kappa shape index (κ2) is 9.59. The third-order valence-corrected chi connectivity index (χ3v) is 6.55. The molecule has 0 unspecified atom stereocenters. The first-order valence-corrected chi connectivity index (χ1v) is 12.1. The lowest BCUT2D eigenvalue weighted by molar-refractivity contribution is -0.384. The maximum absolute atomic E-state index is 12.4. The zero-order chi connectivity index (χ0) is 24.3. The molecular formula is C21H22ClN5O5S. The summed E-state index contributed by atoms with van der Waals surface area (Å²) in [5, 5.41) is 21.8. The summed E-state index contributed by atoms with van der Waals surface area (Å²) in [6.07, 6.45) is 0.980. The van der Waals surface area contributed by atoms with Crippen LogP contribution in [0.1, 0.15) is 21.7 Å². The molecule has 0 fully saturated rings. The first kappa shape index (κ1) is 24.2. The van der Waals surface area contributed by atoms with Crippen LogP contribution in [0.5, 0.6) is 0 Å². The first-order chi connectivity index (χ1) is 15.5. The molecule has 0 bridgehead atoms. The Morgan fingerprint density at radius 2 is 1.82 bits per heavy atom. The van der Waals surface area contributed by atoms with Crippen molar-refractivity contribution >= 4 is 38.7 Å². The summed E-state index contributed by atoms with van der Waals surface area (Å²) >= 11 is 6.18. The van der Waals surface area contributed by atoms with Gasteiger partial charge in [0.05, 0.1) is 31.9 Å². The van der Waals surface area contributed by atoms with Crippen molar-refractivity contribution in [3.05, 3.63) is 74.6 Å². The Morgan fingerprint density at radius 1 is 1.15 bits per heavy atom. The molecule has 10 nitrogen and oxygen atoms in total. The largest absolute Gasteiger partial charge is 0.378 e. The van der Waals surface area contributed by atoms with E-state index in [2.05, 4.69) is 15.7 Å². The second-order valence-corrected chi connectivity index (χ2v) is 9.73. The molecule has 33 heavy (non-hydrogen) atoms. The Bertz CT molecular complexity index is 1320. The molecule has 0 spiro atoms. The molecule has 2 aromatic carbocycles. The van der Waals surface area contributed by atoms with E-state index in [4.69, 9.17) is 11.6 Å². The fraction of sp³-hybridized carbons (Fsp3) is 0.238. The van der Waals surface area contributed by atoms with Crippen LogP contribution in [0.4, 0.5) is 11.4 Å². The molecule has 0 atom stereocenters. The van der Waals surface area contributed by atoms with Gasteiger partial charge in [-0.25, -0.2) is 13.1 Å². The van der Waals surface area contributed by atoms with Gasteiger partial charge in [0.25, 0.3) is 11.6 Å². The number of hydrogen-bond acceptors (Lipinski definition) is 7. The van der Waals surface area contributed by atoms with Crippen molar-refractivity contribution in [3.63, 3.8) is 0 Å². The van der Waals surface area contributed by atoms with E-state index in [0.29, 0.717) is 10.6 Å². The topological polar surface area (TPSA) is 136 Å². The minimum Gasteiger partial charge on any atom is -0.378 e. The Labute approximate surface area is 195 Å². The zero-order valence-electron chi connectivity index (χ0n) is 18.1. The summed E-state index contributed by atoms with van der Waals surface area (Å²) in [6.45, 7) is 4.07. The van der Waals surface area contributed by atoms with Crippen molar-refractivity contribution in [2.75, 3.05) is 24.7 Å². The quantitative estimate of drug-likeness (QED) is 0.280. The van der Waals surface area contributed by atoms with Crippen LogP contribution in [0, 0.1) is 24.0 Å². The maximum atomic E-state index is 12.4. The monoisotopic (exact) mass is 491 g/mol. The fourth-order valence-electron chi connectivity index (χ4n) is 3.15. The number of aryl methyl sites for hydroxylation is 1. The average Bonchev–Trinajstić information content (AvgIpc) is 3.03. The minimum absolute atomic E-state index is 0.140. The zero-order valence-corrected chi connectivity index (χ0v) is 19.7. The van der Waals surface area contributed by atoms with Crippen LogP contribution in [-0.4, -0.2) is 48.4 Å². The number of nitrogens with one attached hydrogen (secondary N) is 2. The fourth-order valence-corrected chi connectivity index (χ4v) is 3.91. The number of carbonyl (C=O) groups excluding carboxylic acids is 1. The van der Waals surface area contributed by atoms with Gasteiger partial charge in [0.1, 0.15) is 5.69 Å². The number of sulfone groups is 1. The highest BCUT2D eigenvalue weighted by Gasteiger charge is 2.18. The van der Waals surface area contributed by atoms with Crippen molar-refractivity contribution in [2.45, 2.75) is 18.7 Å². The Kier molecular flexibility index (Phi) is 7.04. The Balaban J connectivity index is 1.60. The molecule has 0 radical (unpaired) electrons. The second-order valence-electron chi connectivity index (χ2n) is 7.33. The standard InChI is InChI=1S/C21H22ClN5O5S/c1-13-20(22)14(2)26(25-13)16-6-4-15(5-7-16)21(28)24-11-10-23-18-9-8-17(33(3,31)32)12-19(18)27(29)30/h4-9,12,23H,10-11H2,1-3H3,(H,24,28). The molecule has 174 valence electrons. The van der Waals surface area contributed by atoms with Gasteiger partial charge in [0.2, 0.25) is 0 Å². The Morgan fingerprint density at radius 3 is 2.36 bits per heavy atom. The van der Waals surface area contributed by atoms with E-state index in [1.165, 1.54) is 12.1 Å². The van der Waals surface area contributed by atoms with Crippen molar-refractivity contribution in [1.29, 1.82) is 0 Å². The molecule has 2 N–H and O–H groups in total. The summed E-state index contributed by atoms with van der Waals surface area (Å²) in [5.41, 5.74) is 2.53. The number of nitro benzene ring substituents is 1. The van der Waals surface area contributed by atoms with E-state index in [9.17, 15) is 23.3 Å². The molecule has 12 heteroatoms. The van der Waals surface area contributed by atoms with E-state index in [1.54, 1.807) is 28.9 Å². The molecule has 1 aromatic heterocycles. The third-order valence-electron chi connectivity index (χ3n) is 4.90. The number of benzene rings is 2. The molecule has 1 heterocycles. The number of rotatable bonds is 8. The van der Waals surface area contributed by atoms with E-state index in [0.717, 1.165) is 29.4 Å². The van der Waals surface area contributed by atoms with E-state index in [-0.39, 0.29) is 35.3 Å². The Hall–Kier alpha value is -3.44. The highest BCUT2D eigenvalue weighted by Crippen LogP contribution is 2.27. The number of carbonyl (C=O) groups is 1. The van der Waals surface area contributed by atoms with E-state index >= 15 is 0 Å². The van der Waals surface area contributed by atoms with Crippen LogP contribution < -0.4 is 10.6 Å². The number of amides is 1. The summed E-state index contributed by atoms with van der Waals surface area (Å²) in [4.78, 5) is 22.9. The molecule has 3 rings (SSSR count). The van der Waals surface area contributed by atoms with Gasteiger partial charge in [-0.2, -0.15) is 5.10 Å². The van der Waals surface area contributed by atoms with E-state index < -0.39 is 14.8 Å². The van der Waals surface area contributed by atoms with E-state index in [1.807, 2.05) is 13.8 Å². The molecule has 1 amide bonds. The minimum atomic E-state index is -3.57.